The van der Waals surface area contributed by atoms with Crippen LogP contribution < -0.4 is 10.5 Å². The van der Waals surface area contributed by atoms with Gasteiger partial charge in [0, 0.05) is 37.6 Å². The van der Waals surface area contributed by atoms with Crippen molar-refractivity contribution < 1.29 is 9.21 Å². The summed E-state index contributed by atoms with van der Waals surface area (Å²) in [6, 6.07) is 16.8. The molecule has 0 radical (unpaired) electrons. The molecule has 1 aliphatic heterocycles. The lowest BCUT2D eigenvalue weighted by atomic mass is 10.0. The van der Waals surface area contributed by atoms with E-state index < -0.39 is 5.63 Å². The minimum absolute atomic E-state index is 0.00862. The van der Waals surface area contributed by atoms with Crippen LogP contribution in [0.25, 0.3) is 11.0 Å². The van der Waals surface area contributed by atoms with Crippen LogP contribution in [-0.2, 0) is 11.2 Å². The van der Waals surface area contributed by atoms with E-state index in [9.17, 15) is 14.9 Å². The van der Waals surface area contributed by atoms with Gasteiger partial charge in [-0.2, -0.15) is 5.26 Å². The van der Waals surface area contributed by atoms with Gasteiger partial charge in [-0.3, -0.25) is 4.79 Å². The number of nitrogens with zero attached hydrogens (tertiary/aromatic N) is 3. The van der Waals surface area contributed by atoms with Gasteiger partial charge in [0.2, 0.25) is 5.91 Å². The zero-order valence-corrected chi connectivity index (χ0v) is 16.2. The SMILES string of the molecule is Cc1ccc2c(CC(=O)N3CCN(c4ccccc4C#N)CC3)cc(=O)oc2c1. The van der Waals surface area contributed by atoms with Crippen LogP contribution >= 0.6 is 0 Å². The van der Waals surface area contributed by atoms with Gasteiger partial charge in [0.25, 0.3) is 0 Å². The van der Waals surface area contributed by atoms with Gasteiger partial charge >= 0.3 is 5.63 Å². The fourth-order valence-electron chi connectivity index (χ4n) is 3.80. The third kappa shape index (κ3) is 3.85. The Morgan fingerprint density at radius 3 is 2.62 bits per heavy atom. The molecule has 1 saturated heterocycles. The van der Waals surface area contributed by atoms with Crippen LogP contribution in [0.2, 0.25) is 0 Å². The van der Waals surface area contributed by atoms with Crippen LogP contribution in [0.3, 0.4) is 0 Å². The number of anilines is 1. The molecular formula is C23H21N3O3. The number of amides is 1. The van der Waals surface area contributed by atoms with Gasteiger partial charge in [0.15, 0.2) is 0 Å². The van der Waals surface area contributed by atoms with Crippen molar-refractivity contribution in [1.82, 2.24) is 4.90 Å². The molecule has 6 nitrogen and oxygen atoms in total. The number of nitriles is 1. The largest absolute Gasteiger partial charge is 0.423 e. The molecule has 2 heterocycles. The number of hydrogen-bond donors (Lipinski definition) is 0. The summed E-state index contributed by atoms with van der Waals surface area (Å²) in [6.07, 6.45) is 0.167. The van der Waals surface area contributed by atoms with Crippen molar-refractivity contribution in [3.05, 3.63) is 75.6 Å². The van der Waals surface area contributed by atoms with E-state index >= 15 is 0 Å². The molecule has 1 amide bonds. The van der Waals surface area contributed by atoms with Crippen molar-refractivity contribution in [2.45, 2.75) is 13.3 Å². The first-order valence-corrected chi connectivity index (χ1v) is 9.60. The van der Waals surface area contributed by atoms with E-state index in [1.165, 1.54) is 6.07 Å². The van der Waals surface area contributed by atoms with E-state index in [-0.39, 0.29) is 12.3 Å². The summed E-state index contributed by atoms with van der Waals surface area (Å²) < 4.78 is 5.28. The summed E-state index contributed by atoms with van der Waals surface area (Å²) in [6.45, 7) is 4.43. The molecule has 29 heavy (non-hydrogen) atoms. The second kappa shape index (κ2) is 7.80. The molecule has 0 spiro atoms. The van der Waals surface area contributed by atoms with Crippen molar-refractivity contribution in [3.8, 4) is 6.07 Å². The van der Waals surface area contributed by atoms with E-state index in [2.05, 4.69) is 11.0 Å². The van der Waals surface area contributed by atoms with E-state index in [0.29, 0.717) is 42.9 Å². The highest BCUT2D eigenvalue weighted by Crippen LogP contribution is 2.22. The molecular weight excluding hydrogens is 366 g/mol. The lowest BCUT2D eigenvalue weighted by molar-refractivity contribution is -0.130. The normalized spacial score (nSPS) is 14.1. The van der Waals surface area contributed by atoms with Gasteiger partial charge < -0.3 is 14.2 Å². The molecule has 0 N–H and O–H groups in total. The molecule has 146 valence electrons. The van der Waals surface area contributed by atoms with Crippen LogP contribution in [0.1, 0.15) is 16.7 Å². The Bertz CT molecular complexity index is 1170. The van der Waals surface area contributed by atoms with Crippen LogP contribution in [0, 0.1) is 18.3 Å². The first-order chi connectivity index (χ1) is 14.0. The number of hydrogen-bond acceptors (Lipinski definition) is 5. The Morgan fingerprint density at radius 2 is 1.86 bits per heavy atom. The molecule has 0 aliphatic carbocycles. The van der Waals surface area contributed by atoms with Gasteiger partial charge in [0.05, 0.1) is 17.7 Å². The fourth-order valence-corrected chi connectivity index (χ4v) is 3.80. The predicted octanol–water partition coefficient (Wildman–Crippen LogP) is 2.86. The average Bonchev–Trinajstić information content (AvgIpc) is 2.73. The van der Waals surface area contributed by atoms with E-state index in [1.54, 1.807) is 6.07 Å². The number of rotatable bonds is 3. The van der Waals surface area contributed by atoms with E-state index in [1.807, 2.05) is 48.2 Å². The Balaban J connectivity index is 1.48. The molecule has 0 atom stereocenters. The maximum absolute atomic E-state index is 12.9. The average molecular weight is 387 g/mol. The third-order valence-corrected chi connectivity index (χ3v) is 5.32. The lowest BCUT2D eigenvalue weighted by Gasteiger charge is -2.36. The molecule has 0 bridgehead atoms. The second-order valence-electron chi connectivity index (χ2n) is 7.26. The number of para-hydroxylation sites is 1. The summed E-state index contributed by atoms with van der Waals surface area (Å²) >= 11 is 0. The van der Waals surface area contributed by atoms with Crippen molar-refractivity contribution >= 4 is 22.6 Å². The fraction of sp³-hybridized carbons (Fsp3) is 0.261. The quantitative estimate of drug-likeness (QED) is 0.646. The molecule has 1 fully saturated rings. The zero-order chi connectivity index (χ0) is 20.4. The summed E-state index contributed by atoms with van der Waals surface area (Å²) in [5, 5.41) is 10.1. The number of fused-ring (bicyclic) bond motifs is 1. The first-order valence-electron chi connectivity index (χ1n) is 9.60. The first kappa shape index (κ1) is 18.8. The molecule has 0 saturated carbocycles. The third-order valence-electron chi connectivity index (χ3n) is 5.32. The summed E-state index contributed by atoms with van der Waals surface area (Å²) in [4.78, 5) is 28.7. The summed E-state index contributed by atoms with van der Waals surface area (Å²) in [5.41, 5.74) is 3.31. The van der Waals surface area contributed by atoms with Crippen molar-refractivity contribution in [1.29, 1.82) is 5.26 Å². The van der Waals surface area contributed by atoms with Gasteiger partial charge in [-0.25, -0.2) is 4.79 Å². The lowest BCUT2D eigenvalue weighted by Crippen LogP contribution is -2.49. The van der Waals surface area contributed by atoms with Crippen molar-refractivity contribution in [2.75, 3.05) is 31.1 Å². The van der Waals surface area contributed by atoms with Crippen LogP contribution in [0.15, 0.2) is 57.7 Å². The highest BCUT2D eigenvalue weighted by Gasteiger charge is 2.23. The molecule has 1 aromatic heterocycles. The second-order valence-corrected chi connectivity index (χ2v) is 7.26. The Kier molecular flexibility index (Phi) is 5.05. The van der Waals surface area contributed by atoms with Crippen LogP contribution in [0.5, 0.6) is 0 Å². The zero-order valence-electron chi connectivity index (χ0n) is 16.2. The number of carbonyl (C=O) groups is 1. The van der Waals surface area contributed by atoms with Crippen molar-refractivity contribution in [3.63, 3.8) is 0 Å². The van der Waals surface area contributed by atoms with Gasteiger partial charge in [-0.15, -0.1) is 0 Å². The summed E-state index contributed by atoms with van der Waals surface area (Å²) in [7, 11) is 0. The molecule has 4 rings (SSSR count). The topological polar surface area (TPSA) is 77.5 Å². The Hall–Kier alpha value is -3.59. The highest BCUT2D eigenvalue weighted by atomic mass is 16.4. The van der Waals surface area contributed by atoms with E-state index in [0.717, 1.165) is 16.6 Å². The van der Waals surface area contributed by atoms with Crippen molar-refractivity contribution in [2.24, 2.45) is 0 Å². The molecule has 2 aromatic carbocycles. The highest BCUT2D eigenvalue weighted by molar-refractivity contribution is 5.87. The Labute approximate surface area is 168 Å². The molecule has 1 aliphatic rings. The van der Waals surface area contributed by atoms with E-state index in [4.69, 9.17) is 4.42 Å². The monoisotopic (exact) mass is 387 g/mol. The summed E-state index contributed by atoms with van der Waals surface area (Å²) in [5.74, 6) is -0.00862. The van der Waals surface area contributed by atoms with Gasteiger partial charge in [-0.05, 0) is 36.2 Å². The minimum Gasteiger partial charge on any atom is -0.423 e. The number of carbonyl (C=O) groups excluding carboxylic acids is 1. The standard InChI is InChI=1S/C23H21N3O3/c1-16-6-7-19-18(14-23(28)29-21(19)12-16)13-22(27)26-10-8-25(9-11-26)20-5-3-2-4-17(20)15-24/h2-7,12,14H,8-11,13H2,1H3. The smallest absolute Gasteiger partial charge is 0.336 e. The molecule has 6 heteroatoms. The number of aryl methyl sites for hydroxylation is 1. The maximum atomic E-state index is 12.9. The minimum atomic E-state index is -0.441. The van der Waals surface area contributed by atoms with Gasteiger partial charge in [0.1, 0.15) is 11.7 Å². The predicted molar refractivity (Wildman–Crippen MR) is 111 cm³/mol. The van der Waals surface area contributed by atoms with Crippen LogP contribution in [-0.4, -0.2) is 37.0 Å². The maximum Gasteiger partial charge on any atom is 0.336 e. The number of benzene rings is 2. The van der Waals surface area contributed by atoms with Gasteiger partial charge in [-0.1, -0.05) is 24.3 Å². The Morgan fingerprint density at radius 1 is 1.10 bits per heavy atom. The van der Waals surface area contributed by atoms with Crippen LogP contribution in [0.4, 0.5) is 5.69 Å². The molecule has 0 unspecified atom stereocenters. The number of piperazine rings is 1. The molecule has 3 aromatic rings.